The van der Waals surface area contributed by atoms with Gasteiger partial charge >= 0.3 is 6.18 Å². The summed E-state index contributed by atoms with van der Waals surface area (Å²) in [5.74, 6) is 0. The first-order chi connectivity index (χ1) is 8.25. The van der Waals surface area contributed by atoms with Crippen LogP contribution < -0.4 is 5.73 Å². The maximum atomic E-state index is 12.1. The van der Waals surface area contributed by atoms with Crippen molar-refractivity contribution < 1.29 is 17.9 Å². The normalized spacial score (nSPS) is 16.0. The fourth-order valence-electron chi connectivity index (χ4n) is 1.73. The lowest BCUT2D eigenvalue weighted by Crippen LogP contribution is -2.50. The van der Waals surface area contributed by atoms with Crippen LogP contribution in [0, 0.1) is 0 Å². The van der Waals surface area contributed by atoms with E-state index in [1.54, 1.807) is 0 Å². The zero-order valence-electron chi connectivity index (χ0n) is 11.5. The average molecular weight is 270 g/mol. The molecular formula is C12H25F3N2O. The second-order valence-electron chi connectivity index (χ2n) is 4.79. The fourth-order valence-corrected chi connectivity index (χ4v) is 1.73. The molecule has 0 saturated heterocycles. The molecule has 6 heteroatoms. The predicted molar refractivity (Wildman–Crippen MR) is 66.5 cm³/mol. The molecule has 0 radical (unpaired) electrons. The van der Waals surface area contributed by atoms with Crippen LogP contribution in [0.2, 0.25) is 0 Å². The van der Waals surface area contributed by atoms with E-state index in [4.69, 9.17) is 10.5 Å². The average Bonchev–Trinajstić information content (AvgIpc) is 2.27. The number of rotatable bonds is 9. The van der Waals surface area contributed by atoms with Crippen molar-refractivity contribution >= 4 is 0 Å². The van der Waals surface area contributed by atoms with Gasteiger partial charge < -0.3 is 10.5 Å². The minimum absolute atomic E-state index is 0.107. The number of hydrogen-bond donors (Lipinski definition) is 1. The lowest BCUT2D eigenvalue weighted by atomic mass is 9.93. The Hall–Kier alpha value is -0.330. The summed E-state index contributed by atoms with van der Waals surface area (Å²) < 4.78 is 41.6. The van der Waals surface area contributed by atoms with Crippen LogP contribution in [0.1, 0.15) is 33.1 Å². The van der Waals surface area contributed by atoms with E-state index in [9.17, 15) is 13.2 Å². The summed E-state index contributed by atoms with van der Waals surface area (Å²) in [5, 5.41) is 0. The molecule has 0 rings (SSSR count). The van der Waals surface area contributed by atoms with E-state index in [2.05, 4.69) is 0 Å². The highest BCUT2D eigenvalue weighted by Crippen LogP contribution is 2.26. The van der Waals surface area contributed by atoms with Crippen LogP contribution in [0.25, 0.3) is 0 Å². The number of ether oxygens (including phenoxy) is 1. The van der Waals surface area contributed by atoms with Crippen molar-refractivity contribution in [2.24, 2.45) is 5.73 Å². The van der Waals surface area contributed by atoms with Gasteiger partial charge in [-0.05, 0) is 33.7 Å². The van der Waals surface area contributed by atoms with Crippen molar-refractivity contribution in [1.82, 2.24) is 4.90 Å². The molecule has 0 heterocycles. The van der Waals surface area contributed by atoms with Gasteiger partial charge in [-0.15, -0.1) is 0 Å². The molecule has 1 unspecified atom stereocenters. The van der Waals surface area contributed by atoms with Crippen LogP contribution in [0.15, 0.2) is 0 Å². The van der Waals surface area contributed by atoms with Gasteiger partial charge in [-0.1, -0.05) is 0 Å². The van der Waals surface area contributed by atoms with E-state index in [0.29, 0.717) is 32.7 Å². The first-order valence-electron chi connectivity index (χ1n) is 6.31. The minimum Gasteiger partial charge on any atom is -0.380 e. The molecule has 0 aromatic rings. The van der Waals surface area contributed by atoms with Crippen molar-refractivity contribution in [3.05, 3.63) is 0 Å². The Labute approximate surface area is 107 Å². The summed E-state index contributed by atoms with van der Waals surface area (Å²) in [5.41, 5.74) is 5.30. The van der Waals surface area contributed by atoms with Crippen LogP contribution in [0.5, 0.6) is 0 Å². The fraction of sp³-hybridized carbons (Fsp3) is 1.00. The Kier molecular flexibility index (Phi) is 7.82. The lowest BCUT2D eigenvalue weighted by molar-refractivity contribution is -0.136. The van der Waals surface area contributed by atoms with Gasteiger partial charge in [0.2, 0.25) is 0 Å². The largest absolute Gasteiger partial charge is 0.389 e. The molecule has 0 aliphatic heterocycles. The molecule has 0 aromatic carbocycles. The Morgan fingerprint density at radius 2 is 1.83 bits per heavy atom. The third-order valence-electron chi connectivity index (χ3n) is 3.31. The van der Waals surface area contributed by atoms with Gasteiger partial charge in [0.1, 0.15) is 0 Å². The summed E-state index contributed by atoms with van der Waals surface area (Å²) in [7, 11) is 1.87. The standard InChI is InChI=1S/C12H25F3N2O/c1-4-18-9-8-17(3)11(2,10-16)6-5-7-12(13,14)15/h4-10,16H2,1-3H3. The van der Waals surface area contributed by atoms with Crippen molar-refractivity contribution in [2.75, 3.05) is 33.4 Å². The molecule has 0 bridgehead atoms. The summed E-state index contributed by atoms with van der Waals surface area (Å²) in [4.78, 5) is 1.99. The SMILES string of the molecule is CCOCCN(C)C(C)(CN)CCCC(F)(F)F. The number of alkyl halides is 3. The van der Waals surface area contributed by atoms with Crippen LogP contribution in [0.3, 0.4) is 0 Å². The molecule has 0 aromatic heterocycles. The lowest BCUT2D eigenvalue weighted by Gasteiger charge is -2.38. The Bertz CT molecular complexity index is 224. The van der Waals surface area contributed by atoms with Crippen LogP contribution in [-0.4, -0.2) is 50.0 Å². The van der Waals surface area contributed by atoms with Crippen molar-refractivity contribution in [3.63, 3.8) is 0 Å². The smallest absolute Gasteiger partial charge is 0.380 e. The minimum atomic E-state index is -4.08. The van der Waals surface area contributed by atoms with Crippen LogP contribution >= 0.6 is 0 Å². The van der Waals surface area contributed by atoms with Gasteiger partial charge in [0.05, 0.1) is 6.61 Å². The van der Waals surface area contributed by atoms with Gasteiger partial charge in [0, 0.05) is 31.7 Å². The highest BCUT2D eigenvalue weighted by atomic mass is 19.4. The number of nitrogens with two attached hydrogens (primary N) is 1. The highest BCUT2D eigenvalue weighted by molar-refractivity contribution is 4.85. The molecule has 0 saturated carbocycles. The molecule has 3 nitrogen and oxygen atoms in total. The van der Waals surface area contributed by atoms with Crippen molar-refractivity contribution in [2.45, 2.75) is 44.8 Å². The summed E-state index contributed by atoms with van der Waals surface area (Å²) in [6.45, 7) is 6.03. The maximum Gasteiger partial charge on any atom is 0.389 e. The molecule has 0 amide bonds. The molecule has 1 atom stereocenters. The van der Waals surface area contributed by atoms with Gasteiger partial charge in [-0.3, -0.25) is 4.90 Å². The summed E-state index contributed by atoms with van der Waals surface area (Å²) in [6.07, 6.45) is -4.29. The molecule has 0 spiro atoms. The van der Waals surface area contributed by atoms with E-state index < -0.39 is 18.1 Å². The number of halogens is 3. The van der Waals surface area contributed by atoms with Gasteiger partial charge in [-0.25, -0.2) is 0 Å². The second kappa shape index (κ2) is 7.96. The summed E-state index contributed by atoms with van der Waals surface area (Å²) in [6, 6.07) is 0. The third kappa shape index (κ3) is 7.18. The third-order valence-corrected chi connectivity index (χ3v) is 3.31. The molecule has 0 aliphatic rings. The van der Waals surface area contributed by atoms with E-state index >= 15 is 0 Å². The summed E-state index contributed by atoms with van der Waals surface area (Å²) >= 11 is 0. The molecule has 110 valence electrons. The second-order valence-corrected chi connectivity index (χ2v) is 4.79. The van der Waals surface area contributed by atoms with E-state index in [1.807, 2.05) is 25.8 Å². The molecule has 0 fully saturated rings. The monoisotopic (exact) mass is 270 g/mol. The molecule has 18 heavy (non-hydrogen) atoms. The van der Waals surface area contributed by atoms with Crippen molar-refractivity contribution in [1.29, 1.82) is 0 Å². The van der Waals surface area contributed by atoms with E-state index in [1.165, 1.54) is 0 Å². The van der Waals surface area contributed by atoms with Crippen molar-refractivity contribution in [3.8, 4) is 0 Å². The Morgan fingerprint density at radius 3 is 2.28 bits per heavy atom. The van der Waals surface area contributed by atoms with E-state index in [0.717, 1.165) is 0 Å². The van der Waals surface area contributed by atoms with Crippen LogP contribution in [0.4, 0.5) is 13.2 Å². The molecular weight excluding hydrogens is 245 g/mol. The molecule has 0 aliphatic carbocycles. The number of nitrogens with zero attached hydrogens (tertiary/aromatic N) is 1. The highest BCUT2D eigenvalue weighted by Gasteiger charge is 2.31. The first kappa shape index (κ1) is 17.7. The Morgan fingerprint density at radius 1 is 1.22 bits per heavy atom. The maximum absolute atomic E-state index is 12.1. The first-order valence-corrected chi connectivity index (χ1v) is 6.31. The van der Waals surface area contributed by atoms with Gasteiger partial charge in [0.25, 0.3) is 0 Å². The van der Waals surface area contributed by atoms with Gasteiger partial charge in [-0.2, -0.15) is 13.2 Å². The van der Waals surface area contributed by atoms with Gasteiger partial charge in [0.15, 0.2) is 0 Å². The number of likely N-dealkylation sites (N-methyl/N-ethyl adjacent to an activating group) is 1. The Balaban J connectivity index is 4.15. The molecule has 2 N–H and O–H groups in total. The number of hydrogen-bond acceptors (Lipinski definition) is 3. The topological polar surface area (TPSA) is 38.5 Å². The van der Waals surface area contributed by atoms with Crippen LogP contribution in [-0.2, 0) is 4.74 Å². The quantitative estimate of drug-likeness (QED) is 0.654. The van der Waals surface area contributed by atoms with E-state index in [-0.39, 0.29) is 6.42 Å². The zero-order valence-corrected chi connectivity index (χ0v) is 11.5. The zero-order chi connectivity index (χ0) is 14.2. The predicted octanol–water partition coefficient (Wildman–Crippen LogP) is 2.40.